The van der Waals surface area contributed by atoms with Crippen LogP contribution < -0.4 is 5.32 Å². The molecule has 1 rings (SSSR count). The number of rotatable bonds is 6. The highest BCUT2D eigenvalue weighted by Crippen LogP contribution is 2.23. The second-order valence-electron chi connectivity index (χ2n) is 4.06. The van der Waals surface area contributed by atoms with Gasteiger partial charge in [-0.1, -0.05) is 17.7 Å². The molecule has 102 valence electrons. The number of hydrogen-bond donors (Lipinski definition) is 2. The first kappa shape index (κ1) is 15.2. The minimum Gasteiger partial charge on any atom is -0.506 e. The van der Waals surface area contributed by atoms with Crippen molar-refractivity contribution >= 4 is 21.6 Å². The number of nitrogens with zero attached hydrogens (tertiary/aromatic N) is 1. The van der Waals surface area contributed by atoms with E-state index in [0.717, 1.165) is 5.56 Å². The molecule has 2 N–H and O–H groups in total. The van der Waals surface area contributed by atoms with E-state index in [9.17, 15) is 13.5 Å². The zero-order chi connectivity index (χ0) is 13.8. The van der Waals surface area contributed by atoms with Crippen molar-refractivity contribution < 1.29 is 13.5 Å². The summed E-state index contributed by atoms with van der Waals surface area (Å²) in [4.78, 5) is 0. The summed E-state index contributed by atoms with van der Waals surface area (Å²) in [6.45, 7) is 0.863. The first-order chi connectivity index (χ1) is 8.33. The molecule has 0 radical (unpaired) electrons. The molecule has 0 aromatic heterocycles. The molecule has 0 atom stereocenters. The van der Waals surface area contributed by atoms with Crippen LogP contribution in [0.1, 0.15) is 5.56 Å². The van der Waals surface area contributed by atoms with Crippen LogP contribution in [-0.2, 0) is 16.6 Å². The van der Waals surface area contributed by atoms with Gasteiger partial charge in [0.15, 0.2) is 0 Å². The number of hydrogen-bond acceptors (Lipinski definition) is 4. The maximum absolute atomic E-state index is 11.5. The van der Waals surface area contributed by atoms with Crippen molar-refractivity contribution in [3.8, 4) is 5.75 Å². The van der Waals surface area contributed by atoms with Crippen molar-refractivity contribution in [3.05, 3.63) is 28.8 Å². The largest absolute Gasteiger partial charge is 0.506 e. The van der Waals surface area contributed by atoms with Crippen LogP contribution in [0.4, 0.5) is 0 Å². The Hall–Kier alpha value is -0.820. The van der Waals surface area contributed by atoms with E-state index in [2.05, 4.69) is 5.32 Å². The quantitative estimate of drug-likeness (QED) is 0.768. The second-order valence-corrected chi connectivity index (χ2v) is 6.77. The summed E-state index contributed by atoms with van der Waals surface area (Å²) in [6.07, 6.45) is 0. The van der Waals surface area contributed by atoms with Gasteiger partial charge in [-0.2, -0.15) is 0 Å². The highest BCUT2D eigenvalue weighted by atomic mass is 35.5. The fraction of sp³-hybridized carbons (Fsp3) is 0.455. The smallest absolute Gasteiger partial charge is 0.214 e. The van der Waals surface area contributed by atoms with Gasteiger partial charge >= 0.3 is 0 Å². The van der Waals surface area contributed by atoms with Gasteiger partial charge in [0, 0.05) is 27.2 Å². The fourth-order valence-electron chi connectivity index (χ4n) is 1.28. The van der Waals surface area contributed by atoms with E-state index in [1.165, 1.54) is 24.5 Å². The fourth-order valence-corrected chi connectivity index (χ4v) is 2.25. The van der Waals surface area contributed by atoms with Crippen molar-refractivity contribution in [2.75, 3.05) is 26.4 Å². The maximum Gasteiger partial charge on any atom is 0.214 e. The van der Waals surface area contributed by atoms with Crippen molar-refractivity contribution in [3.63, 3.8) is 0 Å². The molecule has 0 fully saturated rings. The van der Waals surface area contributed by atoms with Crippen LogP contribution in [0.2, 0.25) is 5.02 Å². The third-order valence-electron chi connectivity index (χ3n) is 2.43. The van der Waals surface area contributed by atoms with Crippen LogP contribution >= 0.6 is 11.6 Å². The lowest BCUT2D eigenvalue weighted by Gasteiger charge is -2.11. The molecule has 0 saturated heterocycles. The number of aromatic hydroxyl groups is 1. The minimum absolute atomic E-state index is 0.0376. The Morgan fingerprint density at radius 1 is 1.39 bits per heavy atom. The van der Waals surface area contributed by atoms with Crippen LogP contribution in [0.3, 0.4) is 0 Å². The molecule has 7 heteroatoms. The standard InChI is InChI=1S/C11H17ClN2O3S/c1-14(2)18(16,17)6-5-13-8-9-3-4-11(15)10(12)7-9/h3-4,7,13,15H,5-6,8H2,1-2H3. The molecule has 0 heterocycles. The van der Waals surface area contributed by atoms with Gasteiger partial charge in [-0.25, -0.2) is 12.7 Å². The molecule has 0 spiro atoms. The van der Waals surface area contributed by atoms with Crippen LogP contribution in [0, 0.1) is 0 Å². The number of phenolic OH excluding ortho intramolecular Hbond substituents is 1. The predicted octanol–water partition coefficient (Wildman–Crippen LogP) is 1.03. The molecule has 0 aliphatic carbocycles. The molecule has 0 unspecified atom stereocenters. The zero-order valence-electron chi connectivity index (χ0n) is 10.4. The van der Waals surface area contributed by atoms with E-state index in [1.54, 1.807) is 12.1 Å². The first-order valence-electron chi connectivity index (χ1n) is 5.41. The minimum atomic E-state index is -3.16. The Kier molecular flexibility index (Phi) is 5.40. The molecule has 0 saturated carbocycles. The highest BCUT2D eigenvalue weighted by Gasteiger charge is 2.12. The molecular weight excluding hydrogens is 276 g/mol. The number of phenols is 1. The number of nitrogens with one attached hydrogen (secondary N) is 1. The van der Waals surface area contributed by atoms with E-state index >= 15 is 0 Å². The monoisotopic (exact) mass is 292 g/mol. The molecule has 0 amide bonds. The summed E-state index contributed by atoms with van der Waals surface area (Å²) >= 11 is 5.76. The molecule has 1 aromatic carbocycles. The summed E-state index contributed by atoms with van der Waals surface area (Å²) in [5.74, 6) is 0.0850. The average Bonchev–Trinajstić information content (AvgIpc) is 2.29. The summed E-state index contributed by atoms with van der Waals surface area (Å²) in [7, 11) is -0.145. The second kappa shape index (κ2) is 6.38. The van der Waals surface area contributed by atoms with Crippen molar-refractivity contribution in [1.29, 1.82) is 0 Å². The van der Waals surface area contributed by atoms with Crippen LogP contribution in [-0.4, -0.2) is 44.2 Å². The molecular formula is C11H17ClN2O3S. The van der Waals surface area contributed by atoms with Gasteiger partial charge in [-0.15, -0.1) is 0 Å². The van der Waals surface area contributed by atoms with Crippen molar-refractivity contribution in [1.82, 2.24) is 9.62 Å². The third kappa shape index (κ3) is 4.45. The van der Waals surface area contributed by atoms with Crippen LogP contribution in [0.25, 0.3) is 0 Å². The lowest BCUT2D eigenvalue weighted by molar-refractivity contribution is 0.475. The summed E-state index contributed by atoms with van der Waals surface area (Å²) in [5.41, 5.74) is 0.889. The maximum atomic E-state index is 11.5. The Morgan fingerprint density at radius 3 is 2.61 bits per heavy atom. The van der Waals surface area contributed by atoms with Gasteiger partial charge in [0.25, 0.3) is 0 Å². The number of benzene rings is 1. The normalized spacial score (nSPS) is 12.0. The Labute approximate surface area is 112 Å². The van der Waals surface area contributed by atoms with E-state index < -0.39 is 10.0 Å². The van der Waals surface area contributed by atoms with Gasteiger partial charge in [-0.3, -0.25) is 0 Å². The SMILES string of the molecule is CN(C)S(=O)(=O)CCNCc1ccc(O)c(Cl)c1. The topological polar surface area (TPSA) is 69.6 Å². The summed E-state index contributed by atoms with van der Waals surface area (Å²) < 4.78 is 24.1. The summed E-state index contributed by atoms with van der Waals surface area (Å²) in [5, 5.41) is 12.5. The lowest BCUT2D eigenvalue weighted by atomic mass is 10.2. The van der Waals surface area contributed by atoms with Gasteiger partial charge in [0.1, 0.15) is 5.75 Å². The van der Waals surface area contributed by atoms with E-state index in [0.29, 0.717) is 13.1 Å². The Morgan fingerprint density at radius 2 is 2.06 bits per heavy atom. The van der Waals surface area contributed by atoms with Crippen molar-refractivity contribution in [2.45, 2.75) is 6.54 Å². The van der Waals surface area contributed by atoms with Gasteiger partial charge in [0.2, 0.25) is 10.0 Å². The lowest BCUT2D eigenvalue weighted by Crippen LogP contribution is -2.30. The molecule has 1 aromatic rings. The molecule has 18 heavy (non-hydrogen) atoms. The predicted molar refractivity (Wildman–Crippen MR) is 72.3 cm³/mol. The first-order valence-corrected chi connectivity index (χ1v) is 7.40. The number of halogens is 1. The van der Waals surface area contributed by atoms with Gasteiger partial charge in [0.05, 0.1) is 10.8 Å². The van der Waals surface area contributed by atoms with E-state index in [4.69, 9.17) is 11.6 Å². The van der Waals surface area contributed by atoms with Gasteiger partial charge in [-0.05, 0) is 17.7 Å². The summed E-state index contributed by atoms with van der Waals surface area (Å²) in [6, 6.07) is 4.88. The van der Waals surface area contributed by atoms with Crippen LogP contribution in [0.5, 0.6) is 5.75 Å². The Bertz CT molecular complexity index is 503. The molecule has 0 aliphatic heterocycles. The number of sulfonamides is 1. The van der Waals surface area contributed by atoms with Crippen molar-refractivity contribution in [2.24, 2.45) is 0 Å². The molecule has 5 nitrogen and oxygen atoms in total. The average molecular weight is 293 g/mol. The zero-order valence-corrected chi connectivity index (χ0v) is 11.9. The van der Waals surface area contributed by atoms with E-state index in [1.807, 2.05) is 0 Å². The molecule has 0 bridgehead atoms. The van der Waals surface area contributed by atoms with E-state index in [-0.39, 0.29) is 16.5 Å². The third-order valence-corrected chi connectivity index (χ3v) is 4.57. The highest BCUT2D eigenvalue weighted by molar-refractivity contribution is 7.89. The van der Waals surface area contributed by atoms with Gasteiger partial charge < -0.3 is 10.4 Å². The van der Waals surface area contributed by atoms with Crippen LogP contribution in [0.15, 0.2) is 18.2 Å². The Balaban J connectivity index is 2.41. The molecule has 0 aliphatic rings.